The average Bonchev–Trinajstić information content (AvgIpc) is 2.73. The molecule has 2 rings (SSSR count). The second-order valence-electron chi connectivity index (χ2n) is 4.81. The molecule has 1 amide bonds. The molecule has 0 spiro atoms. The third kappa shape index (κ3) is 3.22. The fourth-order valence-electron chi connectivity index (χ4n) is 2.34. The number of nitrogens with zero attached hydrogens (tertiary/aromatic N) is 1. The zero-order chi connectivity index (χ0) is 13.1. The van der Waals surface area contributed by atoms with Crippen LogP contribution >= 0.6 is 11.6 Å². The molecular weight excluding hydrogens is 250 g/mol. The molecule has 1 aromatic rings. The van der Waals surface area contributed by atoms with Gasteiger partial charge in [0.1, 0.15) is 0 Å². The van der Waals surface area contributed by atoms with E-state index in [4.69, 9.17) is 23.1 Å². The van der Waals surface area contributed by atoms with Crippen LogP contribution in [0.3, 0.4) is 0 Å². The predicted octanol–water partition coefficient (Wildman–Crippen LogP) is 0.942. The molecule has 2 atom stereocenters. The molecular formula is C13H18ClN3O. The van der Waals surface area contributed by atoms with Crippen LogP contribution in [-0.4, -0.2) is 36.5 Å². The van der Waals surface area contributed by atoms with E-state index in [0.717, 1.165) is 25.1 Å². The van der Waals surface area contributed by atoms with Gasteiger partial charge in [0.25, 0.3) is 0 Å². The minimum Gasteiger partial charge on any atom is -0.369 e. The fourth-order valence-corrected chi connectivity index (χ4v) is 2.47. The molecule has 1 aliphatic heterocycles. The number of halogens is 1. The number of nitrogens with two attached hydrogens (primary N) is 2. The highest BCUT2D eigenvalue weighted by Crippen LogP contribution is 2.21. The molecule has 0 unspecified atom stereocenters. The summed E-state index contributed by atoms with van der Waals surface area (Å²) in [5, 5.41) is 0.658. The van der Waals surface area contributed by atoms with E-state index in [1.165, 1.54) is 0 Å². The lowest BCUT2D eigenvalue weighted by atomic mass is 9.98. The third-order valence-electron chi connectivity index (χ3n) is 3.37. The van der Waals surface area contributed by atoms with Crippen molar-refractivity contribution in [1.82, 2.24) is 4.90 Å². The zero-order valence-corrected chi connectivity index (χ0v) is 10.9. The summed E-state index contributed by atoms with van der Waals surface area (Å²) in [4.78, 5) is 13.8. The van der Waals surface area contributed by atoms with Gasteiger partial charge in [-0.3, -0.25) is 4.79 Å². The molecule has 18 heavy (non-hydrogen) atoms. The lowest BCUT2D eigenvalue weighted by Gasteiger charge is -2.21. The maximum atomic E-state index is 11.6. The highest BCUT2D eigenvalue weighted by atomic mass is 35.5. The van der Waals surface area contributed by atoms with Crippen LogP contribution in [0.15, 0.2) is 24.3 Å². The van der Waals surface area contributed by atoms with Gasteiger partial charge >= 0.3 is 0 Å². The Morgan fingerprint density at radius 3 is 2.61 bits per heavy atom. The molecule has 1 saturated heterocycles. The summed E-state index contributed by atoms with van der Waals surface area (Å²) in [6.07, 6.45) is 0.978. The maximum Gasteiger partial charge on any atom is 0.226 e. The Balaban J connectivity index is 2.08. The summed E-state index contributed by atoms with van der Waals surface area (Å²) < 4.78 is 0. The smallest absolute Gasteiger partial charge is 0.226 e. The van der Waals surface area contributed by atoms with Gasteiger partial charge in [-0.05, 0) is 30.7 Å². The second-order valence-corrected chi connectivity index (χ2v) is 5.25. The highest BCUT2D eigenvalue weighted by Gasteiger charge is 2.25. The van der Waals surface area contributed by atoms with Gasteiger partial charge in [0.15, 0.2) is 0 Å². The van der Waals surface area contributed by atoms with Crippen LogP contribution in [0.2, 0.25) is 5.02 Å². The van der Waals surface area contributed by atoms with Crippen LogP contribution in [-0.2, 0) is 4.79 Å². The van der Waals surface area contributed by atoms with Crippen LogP contribution in [0.25, 0.3) is 0 Å². The molecule has 0 aliphatic carbocycles. The summed E-state index contributed by atoms with van der Waals surface area (Å²) >= 11 is 5.84. The van der Waals surface area contributed by atoms with E-state index >= 15 is 0 Å². The molecule has 4 N–H and O–H groups in total. The van der Waals surface area contributed by atoms with Crippen molar-refractivity contribution in [3.8, 4) is 0 Å². The number of hydrogen-bond donors (Lipinski definition) is 2. The monoisotopic (exact) mass is 267 g/mol. The standard InChI is InChI=1S/C13H18ClN3O/c14-10-3-1-9(2-4-10)12(13(16)18)8-17-6-5-11(15)7-17/h1-4,11-12H,5-8,15H2,(H2,16,18)/t11-,12-/m1/s1. The Morgan fingerprint density at radius 2 is 2.11 bits per heavy atom. The predicted molar refractivity (Wildman–Crippen MR) is 72.4 cm³/mol. The highest BCUT2D eigenvalue weighted by molar-refractivity contribution is 6.30. The quantitative estimate of drug-likeness (QED) is 0.853. The minimum absolute atomic E-state index is 0.212. The van der Waals surface area contributed by atoms with Crippen molar-refractivity contribution in [2.45, 2.75) is 18.4 Å². The molecule has 0 radical (unpaired) electrons. The molecule has 1 heterocycles. The van der Waals surface area contributed by atoms with Gasteiger partial charge in [0.2, 0.25) is 5.91 Å². The first-order valence-electron chi connectivity index (χ1n) is 6.09. The second kappa shape index (κ2) is 5.69. The van der Waals surface area contributed by atoms with Crippen LogP contribution in [0.1, 0.15) is 17.9 Å². The van der Waals surface area contributed by atoms with Crippen molar-refractivity contribution in [1.29, 1.82) is 0 Å². The maximum absolute atomic E-state index is 11.6. The van der Waals surface area contributed by atoms with Crippen molar-refractivity contribution in [2.24, 2.45) is 11.5 Å². The van der Waals surface area contributed by atoms with Gasteiger partial charge in [0.05, 0.1) is 5.92 Å². The molecule has 4 nitrogen and oxygen atoms in total. The largest absolute Gasteiger partial charge is 0.369 e. The Kier molecular flexibility index (Phi) is 4.22. The first kappa shape index (κ1) is 13.3. The van der Waals surface area contributed by atoms with Crippen LogP contribution < -0.4 is 11.5 Å². The molecule has 5 heteroatoms. The van der Waals surface area contributed by atoms with Crippen molar-refractivity contribution >= 4 is 17.5 Å². The van der Waals surface area contributed by atoms with E-state index in [2.05, 4.69) is 4.90 Å². The zero-order valence-electron chi connectivity index (χ0n) is 10.2. The van der Waals surface area contributed by atoms with Gasteiger partial charge in [-0.25, -0.2) is 0 Å². The molecule has 0 saturated carbocycles. The van der Waals surface area contributed by atoms with Crippen LogP contribution in [0.5, 0.6) is 0 Å². The number of primary amides is 1. The van der Waals surface area contributed by atoms with E-state index in [1.807, 2.05) is 12.1 Å². The van der Waals surface area contributed by atoms with Gasteiger partial charge < -0.3 is 16.4 Å². The third-order valence-corrected chi connectivity index (χ3v) is 3.62. The Labute approximate surface area is 112 Å². The SMILES string of the molecule is NC(=O)[C@H](CN1CC[C@@H](N)C1)c1ccc(Cl)cc1. The van der Waals surface area contributed by atoms with E-state index in [0.29, 0.717) is 11.6 Å². The number of amides is 1. The van der Waals surface area contributed by atoms with Gasteiger partial charge in [-0.15, -0.1) is 0 Å². The number of rotatable bonds is 4. The van der Waals surface area contributed by atoms with E-state index < -0.39 is 0 Å². The minimum atomic E-state index is -0.308. The lowest BCUT2D eigenvalue weighted by molar-refractivity contribution is -0.119. The number of carbonyl (C=O) groups excluding carboxylic acids is 1. The molecule has 1 aromatic carbocycles. The lowest BCUT2D eigenvalue weighted by Crippen LogP contribution is -2.35. The topological polar surface area (TPSA) is 72.4 Å². The van der Waals surface area contributed by atoms with E-state index in [9.17, 15) is 4.79 Å². The van der Waals surface area contributed by atoms with Crippen molar-refractivity contribution in [3.05, 3.63) is 34.9 Å². The first-order chi connectivity index (χ1) is 8.56. The summed E-state index contributed by atoms with van der Waals surface area (Å²) in [6, 6.07) is 7.48. The van der Waals surface area contributed by atoms with Crippen LogP contribution in [0.4, 0.5) is 0 Å². The molecule has 1 aliphatic rings. The molecule has 98 valence electrons. The molecule has 1 fully saturated rings. The normalized spacial score (nSPS) is 22.0. The molecule has 0 aromatic heterocycles. The summed E-state index contributed by atoms with van der Waals surface area (Å²) in [6.45, 7) is 2.39. The van der Waals surface area contributed by atoms with Gasteiger partial charge in [-0.1, -0.05) is 23.7 Å². The summed E-state index contributed by atoms with van der Waals surface area (Å²) in [5.74, 6) is -0.606. The van der Waals surface area contributed by atoms with Gasteiger partial charge in [0, 0.05) is 24.2 Å². The average molecular weight is 268 g/mol. The van der Waals surface area contributed by atoms with Crippen molar-refractivity contribution in [2.75, 3.05) is 19.6 Å². The number of likely N-dealkylation sites (tertiary alicyclic amines) is 1. The summed E-state index contributed by atoms with van der Waals surface area (Å²) in [5.41, 5.74) is 12.3. The van der Waals surface area contributed by atoms with Crippen molar-refractivity contribution in [3.63, 3.8) is 0 Å². The number of hydrogen-bond acceptors (Lipinski definition) is 3. The fraction of sp³-hybridized carbons (Fsp3) is 0.462. The number of benzene rings is 1. The number of carbonyl (C=O) groups is 1. The first-order valence-corrected chi connectivity index (χ1v) is 6.47. The Morgan fingerprint density at radius 1 is 1.44 bits per heavy atom. The van der Waals surface area contributed by atoms with Gasteiger partial charge in [-0.2, -0.15) is 0 Å². The van der Waals surface area contributed by atoms with Crippen LogP contribution in [0, 0.1) is 0 Å². The Hall–Kier alpha value is -1.10. The van der Waals surface area contributed by atoms with E-state index in [-0.39, 0.29) is 17.9 Å². The van der Waals surface area contributed by atoms with E-state index in [1.54, 1.807) is 12.1 Å². The summed E-state index contributed by atoms with van der Waals surface area (Å²) in [7, 11) is 0. The Bertz CT molecular complexity index is 421. The van der Waals surface area contributed by atoms with Crippen molar-refractivity contribution < 1.29 is 4.79 Å². The molecule has 0 bridgehead atoms.